The summed E-state index contributed by atoms with van der Waals surface area (Å²) in [4.78, 5) is 52.7. The Morgan fingerprint density at radius 1 is 0.889 bits per heavy atom. The van der Waals surface area contributed by atoms with Gasteiger partial charge in [-0.2, -0.15) is 0 Å². The predicted molar refractivity (Wildman–Crippen MR) is 170 cm³/mol. The molecule has 0 bridgehead atoms. The molecule has 0 aliphatic carbocycles. The van der Waals surface area contributed by atoms with E-state index in [-0.39, 0.29) is 44.6 Å². The van der Waals surface area contributed by atoms with Crippen LogP contribution in [0.3, 0.4) is 0 Å². The Kier molecular flexibility index (Phi) is 15.3. The van der Waals surface area contributed by atoms with E-state index < -0.39 is 36.0 Å². The molecule has 1 fully saturated rings. The molecule has 2 aromatic rings. The van der Waals surface area contributed by atoms with Gasteiger partial charge in [-0.1, -0.05) is 42.5 Å². The second kappa shape index (κ2) is 19.4. The summed E-state index contributed by atoms with van der Waals surface area (Å²) in [5, 5.41) is 20.2. The van der Waals surface area contributed by atoms with Crippen LogP contribution in [0.1, 0.15) is 62.5 Å². The summed E-state index contributed by atoms with van der Waals surface area (Å²) in [6.45, 7) is 2.09. The molecule has 246 valence electrons. The molecule has 11 heteroatoms. The summed E-state index contributed by atoms with van der Waals surface area (Å²) < 4.78 is 9.93. The van der Waals surface area contributed by atoms with Gasteiger partial charge in [-0.05, 0) is 61.8 Å². The van der Waals surface area contributed by atoms with E-state index >= 15 is 0 Å². The Labute approximate surface area is 266 Å². The van der Waals surface area contributed by atoms with Crippen LogP contribution in [0.5, 0.6) is 5.75 Å². The molecular weight excluding hydrogens is 576 g/mol. The van der Waals surface area contributed by atoms with Gasteiger partial charge in [0.2, 0.25) is 17.7 Å². The molecule has 1 heterocycles. The first-order valence-corrected chi connectivity index (χ1v) is 15.8. The van der Waals surface area contributed by atoms with Crippen molar-refractivity contribution in [2.75, 3.05) is 33.9 Å². The number of aliphatic hydroxyl groups is 1. The molecule has 0 saturated carbocycles. The lowest BCUT2D eigenvalue weighted by atomic mass is 9.99. The van der Waals surface area contributed by atoms with Crippen molar-refractivity contribution in [2.45, 2.75) is 82.5 Å². The highest BCUT2D eigenvalue weighted by atomic mass is 16.5. The van der Waals surface area contributed by atoms with E-state index in [2.05, 4.69) is 20.7 Å². The first kappa shape index (κ1) is 35.5. The van der Waals surface area contributed by atoms with E-state index in [1.54, 1.807) is 7.11 Å². The largest absolute Gasteiger partial charge is 0.497 e. The van der Waals surface area contributed by atoms with E-state index in [0.29, 0.717) is 26.1 Å². The fourth-order valence-electron chi connectivity index (χ4n) is 5.32. The van der Waals surface area contributed by atoms with Crippen LogP contribution >= 0.6 is 0 Å². The molecule has 3 rings (SSSR count). The average Bonchev–Trinajstić information content (AvgIpc) is 3.06. The van der Waals surface area contributed by atoms with E-state index in [1.807, 2.05) is 59.5 Å². The fraction of sp³-hybridized carbons (Fsp3) is 0.529. The maximum absolute atomic E-state index is 13.7. The molecule has 1 aliphatic heterocycles. The van der Waals surface area contributed by atoms with E-state index in [4.69, 9.17) is 4.74 Å². The second-order valence-corrected chi connectivity index (χ2v) is 11.4. The number of methoxy groups -OCH3 is 2. The third-order valence-electron chi connectivity index (χ3n) is 7.93. The summed E-state index contributed by atoms with van der Waals surface area (Å²) in [7, 11) is 2.89. The monoisotopic (exact) mass is 624 g/mol. The van der Waals surface area contributed by atoms with Crippen molar-refractivity contribution in [1.82, 2.24) is 20.9 Å². The molecule has 0 radical (unpaired) electrons. The van der Waals surface area contributed by atoms with Crippen molar-refractivity contribution in [2.24, 2.45) is 0 Å². The van der Waals surface area contributed by atoms with Gasteiger partial charge in [0, 0.05) is 45.4 Å². The Hall–Kier alpha value is -3.96. The lowest BCUT2D eigenvalue weighted by molar-refractivity contribution is -0.141. The first-order chi connectivity index (χ1) is 21.8. The molecule has 3 atom stereocenters. The summed E-state index contributed by atoms with van der Waals surface area (Å²) in [6, 6.07) is 15.5. The van der Waals surface area contributed by atoms with Gasteiger partial charge in [-0.25, -0.2) is 0 Å². The molecule has 0 spiro atoms. The Bertz CT molecular complexity index is 1220. The zero-order valence-electron chi connectivity index (χ0n) is 26.5. The normalized spacial score (nSPS) is 15.0. The minimum Gasteiger partial charge on any atom is -0.497 e. The number of aliphatic hydroxyl groups excluding tert-OH is 1. The van der Waals surface area contributed by atoms with Crippen molar-refractivity contribution in [1.29, 1.82) is 0 Å². The van der Waals surface area contributed by atoms with Crippen LogP contribution in [-0.2, 0) is 36.9 Å². The predicted octanol–water partition coefficient (Wildman–Crippen LogP) is 2.49. The van der Waals surface area contributed by atoms with Crippen LogP contribution in [0.25, 0.3) is 0 Å². The number of hydrogen-bond acceptors (Lipinski definition) is 8. The summed E-state index contributed by atoms with van der Waals surface area (Å²) in [6.07, 6.45) is 3.03. The number of likely N-dealkylation sites (tertiary alicyclic amines) is 1. The SMILES string of the molecule is COC(=O)CCCC(=O)N[C@H](CCC(=O)N1CCCCC1)C(=O)N[C@@H](Cc1ccccc1)[C@H](O)CNCc1cccc(OC)c1. The van der Waals surface area contributed by atoms with Gasteiger partial charge in [-0.3, -0.25) is 19.2 Å². The third kappa shape index (κ3) is 12.9. The van der Waals surface area contributed by atoms with Crippen LogP contribution in [-0.4, -0.2) is 85.7 Å². The smallest absolute Gasteiger partial charge is 0.305 e. The van der Waals surface area contributed by atoms with Crippen molar-refractivity contribution in [3.8, 4) is 5.75 Å². The molecule has 45 heavy (non-hydrogen) atoms. The van der Waals surface area contributed by atoms with Crippen molar-refractivity contribution < 1.29 is 33.8 Å². The zero-order chi connectivity index (χ0) is 32.4. The van der Waals surface area contributed by atoms with Crippen molar-refractivity contribution in [3.63, 3.8) is 0 Å². The van der Waals surface area contributed by atoms with E-state index in [1.165, 1.54) is 7.11 Å². The summed E-state index contributed by atoms with van der Waals surface area (Å²) in [5.74, 6) is -0.599. The van der Waals surface area contributed by atoms with Gasteiger partial charge in [0.1, 0.15) is 11.8 Å². The number of benzene rings is 2. The molecule has 2 aromatic carbocycles. The standard InChI is InChI=1S/C34H48N4O7/c1-44-27-14-9-13-26(21-27)23-35-24-30(39)29(22-25-11-5-3-6-12-25)37-34(43)28(36-31(40)15-10-16-33(42)45-2)17-18-32(41)38-19-7-4-8-20-38/h3,5-6,9,11-14,21,28-30,35,39H,4,7-8,10,15-20,22-24H2,1-2H3,(H,36,40)(H,37,43)/t28-,29+,30-/m1/s1. The zero-order valence-corrected chi connectivity index (χ0v) is 26.5. The summed E-state index contributed by atoms with van der Waals surface area (Å²) >= 11 is 0. The molecule has 4 N–H and O–H groups in total. The van der Waals surface area contributed by atoms with Crippen molar-refractivity contribution >= 4 is 23.7 Å². The third-order valence-corrected chi connectivity index (χ3v) is 7.93. The highest BCUT2D eigenvalue weighted by Crippen LogP contribution is 2.14. The quantitative estimate of drug-likeness (QED) is 0.185. The fourth-order valence-corrected chi connectivity index (χ4v) is 5.32. The molecule has 1 aliphatic rings. The number of ether oxygens (including phenoxy) is 2. The highest BCUT2D eigenvalue weighted by molar-refractivity contribution is 5.88. The summed E-state index contributed by atoms with van der Waals surface area (Å²) in [5.41, 5.74) is 1.91. The number of nitrogens with one attached hydrogen (secondary N) is 3. The maximum Gasteiger partial charge on any atom is 0.305 e. The van der Waals surface area contributed by atoms with E-state index in [9.17, 15) is 24.3 Å². The maximum atomic E-state index is 13.7. The number of hydrogen-bond donors (Lipinski definition) is 4. The minimum absolute atomic E-state index is 0.0310. The molecule has 0 unspecified atom stereocenters. The Balaban J connectivity index is 1.68. The van der Waals surface area contributed by atoms with Crippen LogP contribution in [0, 0.1) is 0 Å². The first-order valence-electron chi connectivity index (χ1n) is 15.8. The van der Waals surface area contributed by atoms with Gasteiger partial charge >= 0.3 is 5.97 Å². The lowest BCUT2D eigenvalue weighted by Crippen LogP contribution is -2.55. The van der Waals surface area contributed by atoms with E-state index in [0.717, 1.165) is 36.1 Å². The second-order valence-electron chi connectivity index (χ2n) is 11.4. The molecule has 0 aromatic heterocycles. The molecule has 11 nitrogen and oxygen atoms in total. The number of nitrogens with zero attached hydrogens (tertiary/aromatic N) is 1. The van der Waals surface area contributed by atoms with Gasteiger partial charge in [-0.15, -0.1) is 0 Å². The number of carbonyl (C=O) groups excluding carboxylic acids is 4. The number of piperidine rings is 1. The van der Waals surface area contributed by atoms with Crippen LogP contribution in [0.2, 0.25) is 0 Å². The molecular formula is C34H48N4O7. The topological polar surface area (TPSA) is 146 Å². The molecule has 1 saturated heterocycles. The van der Waals surface area contributed by atoms with Crippen molar-refractivity contribution in [3.05, 3.63) is 65.7 Å². The highest BCUT2D eigenvalue weighted by Gasteiger charge is 2.28. The Morgan fingerprint density at radius 2 is 1.62 bits per heavy atom. The van der Waals surface area contributed by atoms with Gasteiger partial charge in [0.25, 0.3) is 0 Å². The van der Waals surface area contributed by atoms with Gasteiger partial charge in [0.05, 0.1) is 26.4 Å². The average molecular weight is 625 g/mol. The number of amides is 3. The minimum atomic E-state index is -0.986. The van der Waals surface area contributed by atoms with Crippen LogP contribution in [0.4, 0.5) is 0 Å². The Morgan fingerprint density at radius 3 is 2.33 bits per heavy atom. The lowest BCUT2D eigenvalue weighted by Gasteiger charge is -2.29. The number of carbonyl (C=O) groups is 4. The van der Waals surface area contributed by atoms with Crippen LogP contribution in [0.15, 0.2) is 54.6 Å². The van der Waals surface area contributed by atoms with Crippen LogP contribution < -0.4 is 20.7 Å². The number of esters is 1. The number of rotatable bonds is 18. The van der Waals surface area contributed by atoms with Gasteiger partial charge in [0.15, 0.2) is 0 Å². The molecule has 3 amide bonds. The van der Waals surface area contributed by atoms with Gasteiger partial charge < -0.3 is 35.4 Å².